The highest BCUT2D eigenvalue weighted by Gasteiger charge is 2.53. The van der Waals surface area contributed by atoms with E-state index in [9.17, 15) is 0 Å². The van der Waals surface area contributed by atoms with Crippen LogP contribution in [-0.4, -0.2) is 19.3 Å². The van der Waals surface area contributed by atoms with E-state index >= 15 is 0 Å². The maximum Gasteiger partial charge on any atom is 0.0638 e. The Hall–Kier alpha value is -0.120. The van der Waals surface area contributed by atoms with Gasteiger partial charge in [-0.05, 0) is 68.6 Å². The minimum atomic E-state index is 0.371. The van der Waals surface area contributed by atoms with E-state index in [-0.39, 0.29) is 0 Å². The van der Waals surface area contributed by atoms with Crippen molar-refractivity contribution in [1.82, 2.24) is 5.43 Å². The number of rotatable bonds is 5. The van der Waals surface area contributed by atoms with Gasteiger partial charge in [0.15, 0.2) is 0 Å². The van der Waals surface area contributed by atoms with Crippen molar-refractivity contribution in [3.05, 3.63) is 0 Å². The van der Waals surface area contributed by atoms with E-state index < -0.39 is 0 Å². The summed E-state index contributed by atoms with van der Waals surface area (Å²) < 4.78 is 5.63. The van der Waals surface area contributed by atoms with Gasteiger partial charge in [0.25, 0.3) is 0 Å². The topological polar surface area (TPSA) is 47.3 Å². The summed E-state index contributed by atoms with van der Waals surface area (Å²) in [5, 5.41) is 0. The number of hydrogen-bond donors (Lipinski definition) is 2. The number of ether oxygens (including phenoxy) is 1. The zero-order valence-corrected chi connectivity index (χ0v) is 11.0. The second kappa shape index (κ2) is 4.52. The predicted molar refractivity (Wildman–Crippen MR) is 68.2 cm³/mol. The van der Waals surface area contributed by atoms with Gasteiger partial charge in [-0.1, -0.05) is 0 Å². The van der Waals surface area contributed by atoms with Crippen LogP contribution in [0.5, 0.6) is 0 Å². The zero-order valence-electron chi connectivity index (χ0n) is 11.0. The minimum Gasteiger partial charge on any atom is -0.380 e. The third-order valence-corrected chi connectivity index (χ3v) is 5.51. The van der Waals surface area contributed by atoms with Crippen molar-refractivity contribution in [2.75, 3.05) is 13.2 Å². The quantitative estimate of drug-likeness (QED) is 0.569. The molecule has 4 fully saturated rings. The van der Waals surface area contributed by atoms with Gasteiger partial charge in [-0.3, -0.25) is 11.3 Å². The number of hydrazine groups is 1. The largest absolute Gasteiger partial charge is 0.380 e. The van der Waals surface area contributed by atoms with Gasteiger partial charge >= 0.3 is 0 Å². The summed E-state index contributed by atoms with van der Waals surface area (Å²) in [6.07, 6.45) is 8.64. The molecular formula is C14H26N2O. The fourth-order valence-corrected chi connectivity index (χ4v) is 5.24. The first-order chi connectivity index (χ1) is 8.25. The summed E-state index contributed by atoms with van der Waals surface area (Å²) in [7, 11) is 0. The van der Waals surface area contributed by atoms with Crippen LogP contribution in [0, 0.1) is 23.2 Å². The van der Waals surface area contributed by atoms with Crippen LogP contribution < -0.4 is 11.3 Å². The number of hydrogen-bond acceptors (Lipinski definition) is 3. The lowest BCUT2D eigenvalue weighted by atomic mass is 9.48. The second-order valence-electron chi connectivity index (χ2n) is 6.66. The van der Waals surface area contributed by atoms with E-state index in [1.54, 1.807) is 0 Å². The maximum absolute atomic E-state index is 5.80. The van der Waals surface area contributed by atoms with Crippen LogP contribution in [0.15, 0.2) is 0 Å². The van der Waals surface area contributed by atoms with E-state index in [0.29, 0.717) is 11.5 Å². The normalized spacial score (nSPS) is 45.2. The second-order valence-corrected chi connectivity index (χ2v) is 6.66. The predicted octanol–water partition coefficient (Wildman–Crippen LogP) is 2.07. The standard InChI is InChI=1S/C14H26N2O/c1-2-17-9-13(16-15)14-6-10-3-11(7-14)5-12(4-10)8-14/h10-13,16H,2-9,15H2,1H3. The summed E-state index contributed by atoms with van der Waals surface area (Å²) in [4.78, 5) is 0. The van der Waals surface area contributed by atoms with Crippen molar-refractivity contribution in [2.45, 2.75) is 51.5 Å². The molecule has 0 aromatic rings. The van der Waals surface area contributed by atoms with Crippen molar-refractivity contribution in [1.29, 1.82) is 0 Å². The van der Waals surface area contributed by atoms with Crippen LogP contribution in [-0.2, 0) is 4.74 Å². The molecule has 0 heterocycles. The molecule has 98 valence electrons. The van der Waals surface area contributed by atoms with Crippen LogP contribution in [0.3, 0.4) is 0 Å². The lowest BCUT2D eigenvalue weighted by Crippen LogP contribution is -2.59. The molecule has 3 N–H and O–H groups in total. The fourth-order valence-electron chi connectivity index (χ4n) is 5.24. The van der Waals surface area contributed by atoms with Crippen molar-refractivity contribution in [2.24, 2.45) is 29.0 Å². The average Bonchev–Trinajstić information content (AvgIpc) is 2.27. The van der Waals surface area contributed by atoms with Gasteiger partial charge in [0.05, 0.1) is 12.6 Å². The molecule has 1 unspecified atom stereocenters. The Labute approximate surface area is 104 Å². The Morgan fingerprint density at radius 2 is 1.71 bits per heavy atom. The molecule has 0 aliphatic heterocycles. The Balaban J connectivity index is 1.75. The molecule has 3 heteroatoms. The summed E-state index contributed by atoms with van der Waals surface area (Å²) >= 11 is 0. The van der Waals surface area contributed by atoms with Crippen LogP contribution in [0.2, 0.25) is 0 Å². The van der Waals surface area contributed by atoms with E-state index in [4.69, 9.17) is 10.6 Å². The third-order valence-electron chi connectivity index (χ3n) is 5.51. The van der Waals surface area contributed by atoms with Crippen LogP contribution in [0.25, 0.3) is 0 Å². The number of nitrogens with one attached hydrogen (secondary N) is 1. The Kier molecular flexibility index (Phi) is 3.18. The fraction of sp³-hybridized carbons (Fsp3) is 1.00. The summed E-state index contributed by atoms with van der Waals surface area (Å²) in [6.45, 7) is 3.65. The van der Waals surface area contributed by atoms with Gasteiger partial charge in [0.2, 0.25) is 0 Å². The molecule has 4 saturated carbocycles. The first kappa shape index (κ1) is 11.9. The van der Waals surface area contributed by atoms with E-state index in [0.717, 1.165) is 31.0 Å². The monoisotopic (exact) mass is 238 g/mol. The molecular weight excluding hydrogens is 212 g/mol. The first-order valence-corrected chi connectivity index (χ1v) is 7.29. The molecule has 0 spiro atoms. The zero-order chi connectivity index (χ0) is 11.9. The van der Waals surface area contributed by atoms with Crippen LogP contribution in [0.1, 0.15) is 45.4 Å². The SMILES string of the molecule is CCOCC(NN)C12CC3CC(CC(C3)C1)C2. The molecule has 17 heavy (non-hydrogen) atoms. The Bertz CT molecular complexity index is 244. The van der Waals surface area contributed by atoms with Gasteiger partial charge in [-0.15, -0.1) is 0 Å². The minimum absolute atomic E-state index is 0.371. The Morgan fingerprint density at radius 1 is 1.18 bits per heavy atom. The van der Waals surface area contributed by atoms with E-state index in [2.05, 4.69) is 12.3 Å². The van der Waals surface area contributed by atoms with Crippen molar-refractivity contribution in [3.8, 4) is 0 Å². The van der Waals surface area contributed by atoms with Gasteiger partial charge in [0.1, 0.15) is 0 Å². The van der Waals surface area contributed by atoms with E-state index in [1.165, 1.54) is 38.5 Å². The van der Waals surface area contributed by atoms with Gasteiger partial charge < -0.3 is 4.74 Å². The van der Waals surface area contributed by atoms with Crippen molar-refractivity contribution in [3.63, 3.8) is 0 Å². The molecule has 4 bridgehead atoms. The van der Waals surface area contributed by atoms with Crippen molar-refractivity contribution >= 4 is 0 Å². The highest BCUT2D eigenvalue weighted by molar-refractivity contribution is 5.05. The van der Waals surface area contributed by atoms with Gasteiger partial charge in [-0.2, -0.15) is 0 Å². The highest BCUT2D eigenvalue weighted by atomic mass is 16.5. The lowest BCUT2D eigenvalue weighted by Gasteiger charge is -2.59. The third kappa shape index (κ3) is 2.02. The molecule has 4 rings (SSSR count). The smallest absolute Gasteiger partial charge is 0.0638 e. The molecule has 0 radical (unpaired) electrons. The average molecular weight is 238 g/mol. The molecule has 3 nitrogen and oxygen atoms in total. The van der Waals surface area contributed by atoms with E-state index in [1.807, 2.05) is 0 Å². The summed E-state index contributed by atoms with van der Waals surface area (Å²) in [5.74, 6) is 8.76. The summed E-state index contributed by atoms with van der Waals surface area (Å²) in [5.41, 5.74) is 3.53. The first-order valence-electron chi connectivity index (χ1n) is 7.29. The van der Waals surface area contributed by atoms with Crippen molar-refractivity contribution < 1.29 is 4.74 Å². The molecule has 4 aliphatic carbocycles. The molecule has 1 atom stereocenters. The molecule has 0 amide bonds. The molecule has 0 aromatic heterocycles. The number of nitrogens with two attached hydrogens (primary N) is 1. The summed E-state index contributed by atoms with van der Waals surface area (Å²) in [6, 6.07) is 0.371. The van der Waals surface area contributed by atoms with Crippen LogP contribution >= 0.6 is 0 Å². The Morgan fingerprint density at radius 3 is 2.12 bits per heavy atom. The van der Waals surface area contributed by atoms with Crippen LogP contribution in [0.4, 0.5) is 0 Å². The van der Waals surface area contributed by atoms with Gasteiger partial charge in [-0.25, -0.2) is 0 Å². The molecule has 4 aliphatic rings. The molecule has 0 saturated heterocycles. The highest BCUT2D eigenvalue weighted by Crippen LogP contribution is 2.61. The maximum atomic E-state index is 5.80. The lowest BCUT2D eigenvalue weighted by molar-refractivity contribution is -0.0881. The molecule has 0 aromatic carbocycles. The van der Waals surface area contributed by atoms with Gasteiger partial charge in [0, 0.05) is 6.61 Å².